The number of carbonyl (C=O) groups excluding carboxylic acids is 8. The van der Waals surface area contributed by atoms with Crippen molar-refractivity contribution in [3.8, 4) is 57.1 Å². The predicted molar refractivity (Wildman–Crippen MR) is 434 cm³/mol. The molecule has 0 spiro atoms. The second-order valence-electron chi connectivity index (χ2n) is 34.4. The fourth-order valence-corrected chi connectivity index (χ4v) is 16.8. The number of hydrogen-bond donors (Lipinski definition) is 20. The monoisotopic (exact) mass is 1750 g/mol. The van der Waals surface area contributed by atoms with Gasteiger partial charge in [0, 0.05) is 29.0 Å². The van der Waals surface area contributed by atoms with Crippen LogP contribution in [0.4, 0.5) is 0 Å². The Morgan fingerprint density at radius 3 is 1.74 bits per heavy atom. The van der Waals surface area contributed by atoms with Crippen LogP contribution in [0.2, 0.25) is 0 Å². The van der Waals surface area contributed by atoms with Gasteiger partial charge in [-0.2, -0.15) is 0 Å². The van der Waals surface area contributed by atoms with Crippen LogP contribution in [0.15, 0.2) is 72.8 Å². The topological polar surface area (TPSA) is 593 Å². The smallest absolute Gasteiger partial charge is 0.248 e. The predicted octanol–water partition coefficient (Wildman–Crippen LogP) is 0.221. The van der Waals surface area contributed by atoms with Gasteiger partial charge in [-0.3, -0.25) is 43.3 Å². The molecule has 0 radical (unpaired) electrons. The van der Waals surface area contributed by atoms with Crippen LogP contribution in [0, 0.1) is 38.0 Å². The Labute approximate surface area is 718 Å². The summed E-state index contributed by atoms with van der Waals surface area (Å²) in [5.74, 6) is -14.4. The number of aliphatic hydroxyl groups excluding tert-OH is 10. The van der Waals surface area contributed by atoms with Crippen LogP contribution in [-0.2, 0) is 71.5 Å². The number of aryl methyl sites for hydroxylation is 2. The van der Waals surface area contributed by atoms with E-state index in [0.29, 0.717) is 0 Å². The van der Waals surface area contributed by atoms with Crippen LogP contribution < -0.4 is 51.8 Å². The number of ketones is 1. The van der Waals surface area contributed by atoms with Gasteiger partial charge in [-0.15, -0.1) is 0 Å². The zero-order valence-electron chi connectivity index (χ0n) is 71.0. The SMILES string of the molecule is CC[C@H]1O[C@@H](O[C@H]2[C@H](O)[C@@H](O)[C@H](O[C@H]3[C@H](O)[C@@H](O)[C@H](Oc4c5cc6cc4Oc4ccc(cc4C)[C@@H](O[C@H]4CC(C)(C)[C@@H](O)[C@H](C)O4)[C@@H]4NC(=O)[C@H](NC(=O)[C@@H]6NC(=O)[C@H](CC(N)=O)NC(=O)[C@H](NC(=O)[C@@H](CC(C)C)N(C)C)[C@H](O)c6ccc(c(C)c6)O5)c5ccc(O)c(c5)-c5c(cc(O)c(C)c5O)[C@H](C(C)=O)NC4=O)O[C@@H]3CO)O[C@@H]2CO)[C@H](C)[C@@H](O)[C@H]1O. The van der Waals surface area contributed by atoms with Crippen LogP contribution in [0.5, 0.6) is 46.0 Å². The van der Waals surface area contributed by atoms with E-state index in [1.807, 2.05) is 13.8 Å². The van der Waals surface area contributed by atoms with E-state index in [4.69, 9.17) is 53.1 Å². The number of likely N-dealkylation sites (N-methyl/N-ethyl adjacent to an activating group) is 1. The maximum absolute atomic E-state index is 16.6. The molecule has 5 aromatic carbocycles. The first-order chi connectivity index (χ1) is 58.9. The van der Waals surface area contributed by atoms with Gasteiger partial charge in [0.1, 0.15) is 132 Å². The highest BCUT2D eigenvalue weighted by atomic mass is 16.8. The lowest BCUT2D eigenvalue weighted by Crippen LogP contribution is -2.66. The standard InChI is InChI=1S/C86H112N8O31/c1-14-49-67(104)65(102)36(7)83(119-49)124-74-54(30-95)121-85(71(108)68(74)105)125-75-55(31-96)120-84(70(107)69(75)106)123-73-52-25-42-26-53(73)118-51-20-17-41(23-34(51)5)72(122-57-29-86(10,11)76(109)38(9)116-57)63-82(115)89-59(37(8)97)44-27-48(99)35(6)64(101)58(44)43-24-39(15-18-47(43)98)60(79(112)93-63)91-80(113)61(42)90-77(110)45(28-56(87)100)88-81(114)62(92-78(111)46(94(12)13)21-32(2)3)66(103)40-16-19-50(117-52)33(4)22-40/h15-20,22-27,32,36,38,45-46,49,54-55,57,59-63,65-72,74-76,83-85,95-96,98-99,101-109H,14,21,28-31H2,1-13H3,(H2,87,100)(H,88,114)(H,89,115)(H,90,110)(H,91,113)(H,92,111)(H,93,112)/t36-,38+,45+,46-,49-,54-,55-,57+,59+,60-,61-,62-,63+,65-,66-,67+,68-,69-,70-,71-,72-,74-,75-,76+,83+,84+,85+/m1/s1. The zero-order valence-corrected chi connectivity index (χ0v) is 71.0. The number of nitrogens with two attached hydrogens (primary N) is 1. The number of rotatable bonds is 19. The summed E-state index contributed by atoms with van der Waals surface area (Å²) in [6, 6.07) is 1.31. The summed E-state index contributed by atoms with van der Waals surface area (Å²) < 4.78 is 64.1. The van der Waals surface area contributed by atoms with Crippen LogP contribution in [0.1, 0.15) is 156 Å². The molecule has 14 rings (SSSR count). The van der Waals surface area contributed by atoms with E-state index in [9.17, 15) is 80.8 Å². The Balaban J connectivity index is 1.05. The number of carbonyl (C=O) groups is 8. The molecular weight excluding hydrogens is 1640 g/mol. The second-order valence-corrected chi connectivity index (χ2v) is 34.4. The number of Topliss-reactive ketones (excluding diaryl/α,β-unsaturated/α-hetero) is 1. The summed E-state index contributed by atoms with van der Waals surface area (Å²) in [6.07, 6.45) is -32.7. The molecule has 39 nitrogen and oxygen atoms in total. The molecule has 27 atom stereocenters. The number of nitrogens with zero attached hydrogens (tertiary/aromatic N) is 1. The normalized spacial score (nSPS) is 32.8. The van der Waals surface area contributed by atoms with E-state index in [1.54, 1.807) is 46.7 Å². The van der Waals surface area contributed by atoms with Crippen molar-refractivity contribution in [3.05, 3.63) is 117 Å². The third kappa shape index (κ3) is 19.7. The van der Waals surface area contributed by atoms with Gasteiger partial charge >= 0.3 is 0 Å². The molecule has 125 heavy (non-hydrogen) atoms. The minimum Gasteiger partial charge on any atom is -0.508 e. The van der Waals surface area contributed by atoms with Crippen LogP contribution >= 0.6 is 0 Å². The average Bonchev–Trinajstić information content (AvgIpc) is 0.760. The number of benzene rings is 5. The van der Waals surface area contributed by atoms with Crippen LogP contribution in [0.25, 0.3) is 11.1 Å². The number of nitrogens with one attached hydrogen (secondary N) is 6. The number of hydrogen-bond acceptors (Lipinski definition) is 32. The van der Waals surface area contributed by atoms with Gasteiger partial charge in [-0.1, -0.05) is 59.7 Å². The van der Waals surface area contributed by atoms with Gasteiger partial charge in [0.2, 0.25) is 53.4 Å². The maximum atomic E-state index is 16.6. The Hall–Kier alpha value is -9.86. The first-order valence-electron chi connectivity index (χ1n) is 41.3. The highest BCUT2D eigenvalue weighted by Crippen LogP contribution is 2.51. The molecule has 11 bridgehead atoms. The van der Waals surface area contributed by atoms with Crippen molar-refractivity contribution < 1.29 is 152 Å². The number of amides is 7. The Kier molecular flexibility index (Phi) is 28.9. The molecule has 21 N–H and O–H groups in total. The quantitative estimate of drug-likeness (QED) is 0.0526. The Morgan fingerprint density at radius 2 is 1.17 bits per heavy atom. The van der Waals surface area contributed by atoms with Gasteiger partial charge in [-0.25, -0.2) is 0 Å². The first-order valence-corrected chi connectivity index (χ1v) is 41.3. The summed E-state index contributed by atoms with van der Waals surface area (Å²) in [5, 5.41) is 167. The molecular formula is C86H112N8O31. The van der Waals surface area contributed by atoms with Gasteiger partial charge in [0.15, 0.2) is 36.2 Å². The van der Waals surface area contributed by atoms with Crippen molar-refractivity contribution in [2.75, 3.05) is 27.3 Å². The number of fused-ring (bicyclic) bond motifs is 15. The van der Waals surface area contributed by atoms with Crippen molar-refractivity contribution in [1.82, 2.24) is 36.8 Å². The molecule has 682 valence electrons. The Morgan fingerprint density at radius 1 is 0.608 bits per heavy atom. The molecule has 7 amide bonds. The number of phenols is 3. The first kappa shape index (κ1) is 94.3. The van der Waals surface area contributed by atoms with E-state index >= 15 is 24.0 Å². The van der Waals surface area contributed by atoms with Crippen LogP contribution in [0.3, 0.4) is 0 Å². The van der Waals surface area contributed by atoms with Crippen molar-refractivity contribution in [2.24, 2.45) is 23.0 Å². The fraction of sp³-hybridized carbons (Fsp3) is 0.558. The number of phenolic OH excluding ortho intramolecular Hbond substituents is 3. The summed E-state index contributed by atoms with van der Waals surface area (Å²) in [5.41, 5.74) is 3.27. The van der Waals surface area contributed by atoms with Crippen molar-refractivity contribution in [3.63, 3.8) is 0 Å². The van der Waals surface area contributed by atoms with Gasteiger partial charge in [-0.05, 0) is 166 Å². The lowest BCUT2D eigenvalue weighted by atomic mass is 9.78. The molecule has 4 saturated heterocycles. The van der Waals surface area contributed by atoms with Gasteiger partial charge < -0.3 is 151 Å². The Bertz CT molecular complexity index is 4860. The van der Waals surface area contributed by atoms with Gasteiger partial charge in [0.25, 0.3) is 0 Å². The minimum atomic E-state index is -2.34. The third-order valence-electron chi connectivity index (χ3n) is 24.1. The summed E-state index contributed by atoms with van der Waals surface area (Å²) in [7, 11) is 3.23. The van der Waals surface area contributed by atoms with E-state index < -0.39 is 277 Å². The minimum absolute atomic E-state index is 0.0480. The average molecular weight is 1750 g/mol. The maximum Gasteiger partial charge on any atom is 0.248 e. The highest BCUT2D eigenvalue weighted by Gasteiger charge is 2.55. The molecule has 9 heterocycles. The molecule has 0 unspecified atom stereocenters. The van der Waals surface area contributed by atoms with E-state index in [-0.39, 0.29) is 86.8 Å². The van der Waals surface area contributed by atoms with E-state index in [2.05, 4.69) is 31.9 Å². The second kappa shape index (κ2) is 38.4. The van der Waals surface area contributed by atoms with Crippen LogP contribution in [-0.4, -0.2) is 274 Å². The highest BCUT2D eigenvalue weighted by molar-refractivity contribution is 6.01. The molecule has 4 fully saturated rings. The zero-order chi connectivity index (χ0) is 91.3. The van der Waals surface area contributed by atoms with Crippen molar-refractivity contribution in [1.29, 1.82) is 0 Å². The number of aromatic hydroxyl groups is 3. The lowest BCUT2D eigenvalue weighted by molar-refractivity contribution is -0.372. The summed E-state index contributed by atoms with van der Waals surface area (Å²) >= 11 is 0. The van der Waals surface area contributed by atoms with E-state index in [0.717, 1.165) is 43.3 Å². The summed E-state index contributed by atoms with van der Waals surface area (Å²) in [6.45, 7) is 15.3. The molecule has 9 aliphatic rings. The third-order valence-corrected chi connectivity index (χ3v) is 24.1. The number of aliphatic hydroxyl groups is 10. The van der Waals surface area contributed by atoms with E-state index in [1.165, 1.54) is 64.1 Å². The van der Waals surface area contributed by atoms with Gasteiger partial charge in [0.05, 0.1) is 50.1 Å². The molecule has 0 saturated carbocycles. The molecule has 39 heteroatoms. The molecule has 0 aromatic heterocycles. The fourth-order valence-electron chi connectivity index (χ4n) is 16.8. The lowest BCUT2D eigenvalue weighted by Gasteiger charge is -2.48. The molecule has 0 aliphatic carbocycles. The van der Waals surface area contributed by atoms with Crippen molar-refractivity contribution in [2.45, 2.75) is 261 Å². The number of ether oxygens (including phenoxy) is 10. The largest absolute Gasteiger partial charge is 0.508 e. The number of primary amides is 1. The summed E-state index contributed by atoms with van der Waals surface area (Å²) in [4.78, 5) is 124. The molecule has 9 aliphatic heterocycles. The van der Waals surface area contributed by atoms with Crippen molar-refractivity contribution >= 4 is 47.1 Å². The molecule has 5 aromatic rings.